The van der Waals surface area contributed by atoms with E-state index < -0.39 is 12.1 Å². The van der Waals surface area contributed by atoms with Crippen molar-refractivity contribution in [3.05, 3.63) is 12.7 Å². The van der Waals surface area contributed by atoms with Gasteiger partial charge in [-0.15, -0.1) is 6.58 Å². The third kappa shape index (κ3) is 2.25. The fourth-order valence-electron chi connectivity index (χ4n) is 1.41. The molecule has 1 N–H and O–H groups in total. The van der Waals surface area contributed by atoms with Gasteiger partial charge in [-0.1, -0.05) is 6.08 Å². The predicted molar refractivity (Wildman–Crippen MR) is 50.7 cm³/mol. The van der Waals surface area contributed by atoms with Gasteiger partial charge in [-0.3, -0.25) is 4.79 Å². The first-order valence-corrected chi connectivity index (χ1v) is 4.43. The molecule has 1 fully saturated rings. The van der Waals surface area contributed by atoms with Crippen LogP contribution in [-0.2, 0) is 9.53 Å². The normalized spacial score (nSPS) is 20.8. The molecular weight excluding hydrogens is 184 g/mol. The van der Waals surface area contributed by atoms with Crippen LogP contribution in [0.25, 0.3) is 0 Å². The largest absolute Gasteiger partial charge is 0.453 e. The standard InChI is InChI=1S/C9H14N2O3/c1-3-5-11-6-4-7(8(11)12)10-9(13)14-2/h3,7H,1,4-6H2,2H3,(H,10,13)/t7-/m1/s1. The molecular formula is C9H14N2O3. The molecule has 5 nitrogen and oxygen atoms in total. The lowest BCUT2D eigenvalue weighted by molar-refractivity contribution is -0.128. The van der Waals surface area contributed by atoms with Crippen LogP contribution in [0.1, 0.15) is 6.42 Å². The minimum absolute atomic E-state index is 0.0738. The van der Waals surface area contributed by atoms with Crippen LogP contribution in [-0.4, -0.2) is 43.1 Å². The second-order valence-corrected chi connectivity index (χ2v) is 3.05. The van der Waals surface area contributed by atoms with Crippen LogP contribution in [0.5, 0.6) is 0 Å². The SMILES string of the molecule is C=CCN1CC[C@@H](NC(=O)OC)C1=O. The third-order valence-corrected chi connectivity index (χ3v) is 2.12. The highest BCUT2D eigenvalue weighted by Gasteiger charge is 2.31. The monoisotopic (exact) mass is 198 g/mol. The average Bonchev–Trinajstić information content (AvgIpc) is 2.50. The fraction of sp³-hybridized carbons (Fsp3) is 0.556. The molecule has 78 valence electrons. The Hall–Kier alpha value is -1.52. The molecule has 0 spiro atoms. The summed E-state index contributed by atoms with van der Waals surface area (Å²) in [4.78, 5) is 24.1. The lowest BCUT2D eigenvalue weighted by atomic mass is 10.2. The first kappa shape index (κ1) is 10.6. The van der Waals surface area contributed by atoms with Gasteiger partial charge in [0.25, 0.3) is 0 Å². The van der Waals surface area contributed by atoms with Gasteiger partial charge in [0.15, 0.2) is 0 Å². The van der Waals surface area contributed by atoms with Crippen LogP contribution in [0.15, 0.2) is 12.7 Å². The van der Waals surface area contributed by atoms with Crippen LogP contribution in [0.2, 0.25) is 0 Å². The molecule has 2 amide bonds. The maximum Gasteiger partial charge on any atom is 0.407 e. The van der Waals surface area contributed by atoms with Crippen LogP contribution in [0.4, 0.5) is 4.79 Å². The minimum atomic E-state index is -0.566. The van der Waals surface area contributed by atoms with Crippen LogP contribution in [0.3, 0.4) is 0 Å². The van der Waals surface area contributed by atoms with Crippen molar-refractivity contribution in [2.24, 2.45) is 0 Å². The Morgan fingerprint density at radius 2 is 2.57 bits per heavy atom. The van der Waals surface area contributed by atoms with E-state index in [2.05, 4.69) is 16.6 Å². The van der Waals surface area contributed by atoms with E-state index in [1.807, 2.05) is 0 Å². The molecule has 1 atom stereocenters. The molecule has 14 heavy (non-hydrogen) atoms. The highest BCUT2D eigenvalue weighted by atomic mass is 16.5. The van der Waals surface area contributed by atoms with Crippen molar-refractivity contribution in [1.82, 2.24) is 10.2 Å². The van der Waals surface area contributed by atoms with Gasteiger partial charge in [0.2, 0.25) is 5.91 Å². The van der Waals surface area contributed by atoms with Crippen molar-refractivity contribution < 1.29 is 14.3 Å². The zero-order valence-electron chi connectivity index (χ0n) is 8.16. The number of hydrogen-bond acceptors (Lipinski definition) is 3. The summed E-state index contributed by atoms with van der Waals surface area (Å²) in [6.07, 6.45) is 1.73. The molecule has 0 aromatic carbocycles. The first-order chi connectivity index (χ1) is 6.69. The Bertz CT molecular complexity index is 252. The van der Waals surface area contributed by atoms with Crippen LogP contribution < -0.4 is 5.32 Å². The van der Waals surface area contributed by atoms with E-state index in [0.717, 1.165) is 0 Å². The van der Waals surface area contributed by atoms with Gasteiger partial charge in [-0.25, -0.2) is 4.79 Å². The number of carbonyl (C=O) groups is 2. The van der Waals surface area contributed by atoms with Crippen molar-refractivity contribution in [3.63, 3.8) is 0 Å². The van der Waals surface area contributed by atoms with Crippen molar-refractivity contribution in [2.45, 2.75) is 12.5 Å². The number of likely N-dealkylation sites (tertiary alicyclic amines) is 1. The number of alkyl carbamates (subject to hydrolysis) is 1. The van der Waals surface area contributed by atoms with E-state index in [0.29, 0.717) is 19.5 Å². The lowest BCUT2D eigenvalue weighted by Gasteiger charge is -2.14. The Labute approximate surface area is 82.7 Å². The number of nitrogens with zero attached hydrogens (tertiary/aromatic N) is 1. The Balaban J connectivity index is 2.47. The number of methoxy groups -OCH3 is 1. The molecule has 5 heteroatoms. The summed E-state index contributed by atoms with van der Waals surface area (Å²) in [5.41, 5.74) is 0. The first-order valence-electron chi connectivity index (χ1n) is 4.43. The molecule has 0 radical (unpaired) electrons. The highest BCUT2D eigenvalue weighted by molar-refractivity contribution is 5.87. The molecule has 1 saturated heterocycles. The third-order valence-electron chi connectivity index (χ3n) is 2.12. The molecule has 0 saturated carbocycles. The van der Waals surface area contributed by atoms with Gasteiger partial charge in [-0.05, 0) is 6.42 Å². The molecule has 1 aliphatic rings. The summed E-state index contributed by atoms with van der Waals surface area (Å²) in [6, 6.07) is -0.442. The second-order valence-electron chi connectivity index (χ2n) is 3.05. The maximum absolute atomic E-state index is 11.6. The predicted octanol–water partition coefficient (Wildman–Crippen LogP) is 0.129. The van der Waals surface area contributed by atoms with Crippen molar-refractivity contribution in [3.8, 4) is 0 Å². The summed E-state index contributed by atoms with van der Waals surface area (Å²) >= 11 is 0. The Morgan fingerprint density at radius 3 is 3.14 bits per heavy atom. The average molecular weight is 198 g/mol. The van der Waals surface area contributed by atoms with Gasteiger partial charge in [0.05, 0.1) is 7.11 Å². The van der Waals surface area contributed by atoms with E-state index >= 15 is 0 Å². The minimum Gasteiger partial charge on any atom is -0.453 e. The van der Waals surface area contributed by atoms with E-state index in [-0.39, 0.29) is 5.91 Å². The smallest absolute Gasteiger partial charge is 0.407 e. The molecule has 0 aliphatic carbocycles. The Kier molecular flexibility index (Phi) is 3.50. The van der Waals surface area contributed by atoms with Gasteiger partial charge >= 0.3 is 6.09 Å². The quantitative estimate of drug-likeness (QED) is 0.656. The number of rotatable bonds is 3. The summed E-state index contributed by atoms with van der Waals surface area (Å²) in [5, 5.41) is 2.48. The zero-order valence-corrected chi connectivity index (χ0v) is 8.16. The summed E-state index contributed by atoms with van der Waals surface area (Å²) < 4.78 is 4.41. The fourth-order valence-corrected chi connectivity index (χ4v) is 1.41. The maximum atomic E-state index is 11.6. The van der Waals surface area contributed by atoms with Crippen LogP contribution in [0, 0.1) is 0 Å². The van der Waals surface area contributed by atoms with Crippen molar-refractivity contribution in [2.75, 3.05) is 20.2 Å². The van der Waals surface area contributed by atoms with E-state index in [1.54, 1.807) is 11.0 Å². The van der Waals surface area contributed by atoms with E-state index in [4.69, 9.17) is 0 Å². The topological polar surface area (TPSA) is 58.6 Å². The summed E-state index contributed by atoms with van der Waals surface area (Å²) in [6.45, 7) is 4.73. The van der Waals surface area contributed by atoms with Crippen LogP contribution >= 0.6 is 0 Å². The molecule has 1 aliphatic heterocycles. The number of amides is 2. The number of hydrogen-bond donors (Lipinski definition) is 1. The zero-order chi connectivity index (χ0) is 10.6. The molecule has 1 rings (SSSR count). The Morgan fingerprint density at radius 1 is 1.86 bits per heavy atom. The molecule has 1 heterocycles. The van der Waals surface area contributed by atoms with Gasteiger partial charge < -0.3 is 15.0 Å². The van der Waals surface area contributed by atoms with E-state index in [9.17, 15) is 9.59 Å². The molecule has 0 aromatic heterocycles. The van der Waals surface area contributed by atoms with Gasteiger partial charge in [0.1, 0.15) is 6.04 Å². The van der Waals surface area contributed by atoms with Gasteiger partial charge in [-0.2, -0.15) is 0 Å². The van der Waals surface area contributed by atoms with Crippen molar-refractivity contribution in [1.29, 1.82) is 0 Å². The van der Waals surface area contributed by atoms with Gasteiger partial charge in [0, 0.05) is 13.1 Å². The lowest BCUT2D eigenvalue weighted by Crippen LogP contribution is -2.41. The molecule has 0 bridgehead atoms. The number of ether oxygens (including phenoxy) is 1. The highest BCUT2D eigenvalue weighted by Crippen LogP contribution is 2.10. The summed E-state index contributed by atoms with van der Waals surface area (Å²) in [5.74, 6) is -0.0738. The number of carbonyl (C=O) groups excluding carboxylic acids is 2. The van der Waals surface area contributed by atoms with E-state index in [1.165, 1.54) is 7.11 Å². The molecule has 0 aromatic rings. The summed E-state index contributed by atoms with van der Waals surface area (Å²) in [7, 11) is 1.27. The molecule has 0 unspecified atom stereocenters. The number of nitrogens with one attached hydrogen (secondary N) is 1. The van der Waals surface area contributed by atoms with Crippen molar-refractivity contribution >= 4 is 12.0 Å². The second kappa shape index (κ2) is 4.64.